The van der Waals surface area contributed by atoms with Crippen LogP contribution >= 0.6 is 11.8 Å². The van der Waals surface area contributed by atoms with Gasteiger partial charge in [0.1, 0.15) is 11.5 Å². The summed E-state index contributed by atoms with van der Waals surface area (Å²) in [4.78, 5) is 12.7. The molecule has 0 fully saturated rings. The van der Waals surface area contributed by atoms with E-state index in [1.165, 1.54) is 0 Å². The van der Waals surface area contributed by atoms with E-state index in [0.29, 0.717) is 23.0 Å². The number of anilines is 1. The van der Waals surface area contributed by atoms with Gasteiger partial charge in [0.05, 0.1) is 20.3 Å². The second-order valence-corrected chi connectivity index (χ2v) is 9.15. The molecule has 3 aromatic carbocycles. The predicted molar refractivity (Wildman–Crippen MR) is 142 cm³/mol. The molecule has 0 saturated carbocycles. The van der Waals surface area contributed by atoms with Crippen molar-refractivity contribution in [2.24, 2.45) is 0 Å². The molecule has 2 N–H and O–H groups in total. The third-order valence-corrected chi connectivity index (χ3v) is 6.52. The Bertz CT molecular complexity index is 1320. The Morgan fingerprint density at radius 1 is 0.972 bits per heavy atom. The van der Waals surface area contributed by atoms with E-state index in [1.807, 2.05) is 73.0 Å². The zero-order valence-electron chi connectivity index (χ0n) is 20.7. The number of nitrogens with one attached hydrogen (secondary N) is 2. The van der Waals surface area contributed by atoms with E-state index < -0.39 is 6.04 Å². The molecule has 1 heterocycles. The number of benzene rings is 3. The summed E-state index contributed by atoms with van der Waals surface area (Å²) in [6.07, 6.45) is 0. The summed E-state index contributed by atoms with van der Waals surface area (Å²) in [7, 11) is 3.24. The summed E-state index contributed by atoms with van der Waals surface area (Å²) in [5.74, 6) is 2.80. The van der Waals surface area contributed by atoms with Crippen molar-refractivity contribution in [2.75, 3.05) is 19.5 Å². The number of rotatable bonds is 9. The maximum atomic E-state index is 12.7. The van der Waals surface area contributed by atoms with Gasteiger partial charge in [-0.15, -0.1) is 10.2 Å². The van der Waals surface area contributed by atoms with Crippen molar-refractivity contribution in [1.29, 1.82) is 0 Å². The molecule has 186 valence electrons. The Morgan fingerprint density at radius 3 is 2.39 bits per heavy atom. The van der Waals surface area contributed by atoms with E-state index in [2.05, 4.69) is 26.9 Å². The lowest BCUT2D eigenvalue weighted by molar-refractivity contribution is 0.249. The minimum Gasteiger partial charge on any atom is -0.497 e. The second-order valence-electron chi connectivity index (χ2n) is 8.20. The first-order chi connectivity index (χ1) is 17.5. The van der Waals surface area contributed by atoms with Gasteiger partial charge in [-0.1, -0.05) is 47.7 Å². The first kappa shape index (κ1) is 25.1. The van der Waals surface area contributed by atoms with Crippen LogP contribution in [0.1, 0.15) is 29.9 Å². The lowest BCUT2D eigenvalue weighted by Crippen LogP contribution is -2.32. The number of aromatic nitrogens is 3. The van der Waals surface area contributed by atoms with Gasteiger partial charge in [0.15, 0.2) is 11.0 Å². The van der Waals surface area contributed by atoms with Crippen molar-refractivity contribution < 1.29 is 14.3 Å². The average Bonchev–Trinajstić information content (AvgIpc) is 3.32. The van der Waals surface area contributed by atoms with E-state index >= 15 is 0 Å². The van der Waals surface area contributed by atoms with Crippen LogP contribution in [0.3, 0.4) is 0 Å². The highest BCUT2D eigenvalue weighted by atomic mass is 32.2. The van der Waals surface area contributed by atoms with Crippen LogP contribution in [-0.2, 0) is 5.75 Å². The highest BCUT2D eigenvalue weighted by Gasteiger charge is 2.21. The third kappa shape index (κ3) is 6.17. The fourth-order valence-corrected chi connectivity index (χ4v) is 4.53. The van der Waals surface area contributed by atoms with Crippen molar-refractivity contribution >= 4 is 23.5 Å². The number of carbonyl (C=O) groups is 1. The monoisotopic (exact) mass is 503 g/mol. The number of thioether (sulfide) groups is 1. The molecule has 0 bridgehead atoms. The molecule has 9 heteroatoms. The zero-order chi connectivity index (χ0) is 25.5. The van der Waals surface area contributed by atoms with Gasteiger partial charge in [0.25, 0.3) is 0 Å². The first-order valence-corrected chi connectivity index (χ1v) is 12.4. The Morgan fingerprint density at radius 2 is 1.67 bits per heavy atom. The number of carbonyl (C=O) groups excluding carboxylic acids is 1. The Balaban J connectivity index is 1.55. The predicted octanol–water partition coefficient (Wildman–Crippen LogP) is 5.77. The third-order valence-electron chi connectivity index (χ3n) is 5.52. The smallest absolute Gasteiger partial charge is 0.319 e. The molecule has 1 unspecified atom stereocenters. The summed E-state index contributed by atoms with van der Waals surface area (Å²) in [5, 5.41) is 15.5. The Hall–Kier alpha value is -3.98. The number of aryl methyl sites for hydroxylation is 1. The molecule has 0 radical (unpaired) electrons. The number of hydrogen-bond donors (Lipinski definition) is 2. The van der Waals surface area contributed by atoms with Gasteiger partial charge in [0.2, 0.25) is 0 Å². The lowest BCUT2D eigenvalue weighted by atomic mass is 10.2. The van der Waals surface area contributed by atoms with Crippen molar-refractivity contribution in [3.63, 3.8) is 0 Å². The molecule has 0 spiro atoms. The number of hydrogen-bond acceptors (Lipinski definition) is 6. The molecule has 0 aliphatic rings. The Labute approximate surface area is 215 Å². The largest absolute Gasteiger partial charge is 0.497 e. The highest BCUT2D eigenvalue weighted by molar-refractivity contribution is 7.98. The van der Waals surface area contributed by atoms with Crippen LogP contribution in [0, 0.1) is 6.92 Å². The van der Waals surface area contributed by atoms with E-state index in [4.69, 9.17) is 9.47 Å². The number of methoxy groups -OCH3 is 2. The van der Waals surface area contributed by atoms with E-state index in [-0.39, 0.29) is 6.03 Å². The molecule has 2 amide bonds. The van der Waals surface area contributed by atoms with Crippen LogP contribution in [0.25, 0.3) is 5.69 Å². The van der Waals surface area contributed by atoms with E-state index in [1.54, 1.807) is 38.1 Å². The van der Waals surface area contributed by atoms with Crippen LogP contribution in [-0.4, -0.2) is 35.0 Å². The molecule has 4 rings (SSSR count). The molecular formula is C27H29N5O3S. The molecule has 4 aromatic rings. The van der Waals surface area contributed by atoms with Crippen LogP contribution in [0.2, 0.25) is 0 Å². The second kappa shape index (κ2) is 11.6. The van der Waals surface area contributed by atoms with Crippen molar-refractivity contribution in [2.45, 2.75) is 30.8 Å². The molecule has 0 saturated heterocycles. The van der Waals surface area contributed by atoms with Crippen LogP contribution in [0.5, 0.6) is 11.5 Å². The average molecular weight is 504 g/mol. The number of nitrogens with zero attached hydrogens (tertiary/aromatic N) is 3. The van der Waals surface area contributed by atoms with Gasteiger partial charge >= 0.3 is 6.03 Å². The first-order valence-electron chi connectivity index (χ1n) is 11.5. The van der Waals surface area contributed by atoms with E-state index in [0.717, 1.165) is 27.7 Å². The summed E-state index contributed by atoms with van der Waals surface area (Å²) in [6, 6.07) is 22.5. The summed E-state index contributed by atoms with van der Waals surface area (Å²) >= 11 is 1.57. The zero-order valence-corrected chi connectivity index (χ0v) is 21.5. The summed E-state index contributed by atoms with van der Waals surface area (Å²) < 4.78 is 12.6. The maximum absolute atomic E-state index is 12.7. The number of ether oxygens (including phenoxy) is 2. The van der Waals surface area contributed by atoms with Crippen molar-refractivity contribution in [3.8, 4) is 17.2 Å². The van der Waals surface area contributed by atoms with Crippen LogP contribution in [0.15, 0.2) is 78.0 Å². The van der Waals surface area contributed by atoms with Gasteiger partial charge < -0.3 is 20.1 Å². The fraction of sp³-hybridized carbons (Fsp3) is 0.222. The Kier molecular flexibility index (Phi) is 8.12. The molecule has 0 aliphatic heterocycles. The molecular weight excluding hydrogens is 474 g/mol. The molecule has 8 nitrogen and oxygen atoms in total. The lowest BCUT2D eigenvalue weighted by Gasteiger charge is -2.17. The van der Waals surface area contributed by atoms with E-state index in [9.17, 15) is 4.79 Å². The van der Waals surface area contributed by atoms with Gasteiger partial charge in [-0.25, -0.2) is 4.79 Å². The number of amides is 2. The minimum absolute atomic E-state index is 0.347. The fourth-order valence-electron chi connectivity index (χ4n) is 3.63. The molecule has 0 aliphatic carbocycles. The summed E-state index contributed by atoms with van der Waals surface area (Å²) in [5.41, 5.74) is 3.83. The molecule has 1 atom stereocenters. The SMILES string of the molecule is COc1cccc(CSc2nnc(C(C)NC(=O)Nc3cccc(OC)c3)n2-c2ccc(C)cc2)c1. The quantitative estimate of drug-likeness (QED) is 0.282. The molecule has 36 heavy (non-hydrogen) atoms. The standard InChI is InChI=1S/C27H29N5O3S/c1-18-11-13-22(14-12-18)32-25(19(2)28-26(33)29-21-8-6-10-24(16-21)35-4)30-31-27(32)36-17-20-7-5-9-23(15-20)34-3/h5-16,19H,17H2,1-4H3,(H2,28,29,33). The van der Waals surface area contributed by atoms with Crippen LogP contribution < -0.4 is 20.1 Å². The van der Waals surface area contributed by atoms with Gasteiger partial charge in [0, 0.05) is 23.2 Å². The number of urea groups is 1. The maximum Gasteiger partial charge on any atom is 0.319 e. The van der Waals surface area contributed by atoms with Crippen LogP contribution in [0.4, 0.5) is 10.5 Å². The molecule has 1 aromatic heterocycles. The highest BCUT2D eigenvalue weighted by Crippen LogP contribution is 2.29. The van der Waals surface area contributed by atoms with Crippen molar-refractivity contribution in [1.82, 2.24) is 20.1 Å². The van der Waals surface area contributed by atoms with Crippen molar-refractivity contribution in [3.05, 3.63) is 89.7 Å². The topological polar surface area (TPSA) is 90.3 Å². The van der Waals surface area contributed by atoms with Gasteiger partial charge in [-0.2, -0.15) is 0 Å². The van der Waals surface area contributed by atoms with Gasteiger partial charge in [-0.05, 0) is 55.8 Å². The summed E-state index contributed by atoms with van der Waals surface area (Å²) in [6.45, 7) is 3.93. The van der Waals surface area contributed by atoms with Gasteiger partial charge in [-0.3, -0.25) is 4.57 Å². The normalized spacial score (nSPS) is 11.6. The minimum atomic E-state index is -0.407.